The summed E-state index contributed by atoms with van der Waals surface area (Å²) >= 11 is 0. The molecule has 1 saturated heterocycles. The van der Waals surface area contributed by atoms with Crippen LogP contribution < -0.4 is 15.4 Å². The Bertz CT molecular complexity index is 533. The molecule has 1 amide bonds. The van der Waals surface area contributed by atoms with E-state index in [4.69, 9.17) is 9.84 Å². The topological polar surface area (TPSA) is 70.6 Å². The second-order valence-corrected chi connectivity index (χ2v) is 6.38. The molecule has 1 heterocycles. The van der Waals surface area contributed by atoms with Crippen molar-refractivity contribution in [3.63, 3.8) is 0 Å². The zero-order valence-electron chi connectivity index (χ0n) is 14.2. The molecule has 1 aliphatic rings. The number of aliphatic hydroxyl groups is 1. The first-order valence-electron chi connectivity index (χ1n) is 8.65. The first-order valence-corrected chi connectivity index (χ1v) is 8.65. The molecule has 6 heteroatoms. The van der Waals surface area contributed by atoms with Crippen molar-refractivity contribution < 1.29 is 19.0 Å². The first kappa shape index (κ1) is 18.7. The van der Waals surface area contributed by atoms with Crippen LogP contribution in [0.1, 0.15) is 43.0 Å². The molecule has 0 aromatic heterocycles. The van der Waals surface area contributed by atoms with Gasteiger partial charge in [-0.3, -0.25) is 4.79 Å². The third-order valence-corrected chi connectivity index (χ3v) is 4.32. The Morgan fingerprint density at radius 2 is 2.21 bits per heavy atom. The van der Waals surface area contributed by atoms with Gasteiger partial charge >= 0.3 is 0 Å². The first-order chi connectivity index (χ1) is 11.6. The van der Waals surface area contributed by atoms with Gasteiger partial charge in [0.2, 0.25) is 0 Å². The summed E-state index contributed by atoms with van der Waals surface area (Å²) in [4.78, 5) is 11.9. The van der Waals surface area contributed by atoms with Crippen molar-refractivity contribution in [2.75, 3.05) is 26.3 Å². The second-order valence-electron chi connectivity index (χ2n) is 6.38. The molecule has 1 aliphatic heterocycles. The van der Waals surface area contributed by atoms with Crippen LogP contribution in [-0.4, -0.2) is 43.4 Å². The maximum Gasteiger partial charge on any atom is 0.254 e. The molecule has 1 fully saturated rings. The van der Waals surface area contributed by atoms with E-state index in [0.717, 1.165) is 31.8 Å². The van der Waals surface area contributed by atoms with Crippen molar-refractivity contribution in [1.82, 2.24) is 10.6 Å². The lowest BCUT2D eigenvalue weighted by atomic mass is 9.93. The minimum Gasteiger partial charge on any atom is -0.493 e. The molecule has 5 nitrogen and oxygen atoms in total. The molecule has 2 rings (SSSR count). The summed E-state index contributed by atoms with van der Waals surface area (Å²) < 4.78 is 19.6. The average Bonchev–Trinajstić information content (AvgIpc) is 2.59. The predicted molar refractivity (Wildman–Crippen MR) is 90.7 cm³/mol. The standard InChI is InChI=1S/C18H27FN2O3/c1-13(12-22)21-18(23)16-5-4-15(11-17(16)19)24-10-2-3-14-6-8-20-9-7-14/h4-5,11,13-14,20,22H,2-3,6-10,12H2,1H3,(H,21,23)/t13-/m1/s1. The number of amides is 1. The van der Waals surface area contributed by atoms with Crippen molar-refractivity contribution in [2.45, 2.75) is 38.6 Å². The van der Waals surface area contributed by atoms with Crippen LogP contribution >= 0.6 is 0 Å². The van der Waals surface area contributed by atoms with Crippen LogP contribution in [0.15, 0.2) is 18.2 Å². The fraction of sp³-hybridized carbons (Fsp3) is 0.611. The number of halogens is 1. The number of benzene rings is 1. The van der Waals surface area contributed by atoms with Gasteiger partial charge in [0.1, 0.15) is 11.6 Å². The minimum absolute atomic E-state index is 0.0441. The van der Waals surface area contributed by atoms with Gasteiger partial charge in [-0.25, -0.2) is 4.39 Å². The van der Waals surface area contributed by atoms with Crippen molar-refractivity contribution in [3.8, 4) is 5.75 Å². The van der Waals surface area contributed by atoms with Crippen LogP contribution in [-0.2, 0) is 0 Å². The predicted octanol–water partition coefficient (Wildman–Crippen LogP) is 2.09. The van der Waals surface area contributed by atoms with E-state index in [0.29, 0.717) is 12.4 Å². The van der Waals surface area contributed by atoms with E-state index in [1.54, 1.807) is 13.0 Å². The lowest BCUT2D eigenvalue weighted by molar-refractivity contribution is 0.0918. The van der Waals surface area contributed by atoms with Gasteiger partial charge in [-0.1, -0.05) is 0 Å². The summed E-state index contributed by atoms with van der Waals surface area (Å²) in [5, 5.41) is 14.8. The SMILES string of the molecule is C[C@H](CO)NC(=O)c1ccc(OCCCC2CCNCC2)cc1F. The molecule has 24 heavy (non-hydrogen) atoms. The summed E-state index contributed by atoms with van der Waals surface area (Å²) in [5.41, 5.74) is -0.0441. The van der Waals surface area contributed by atoms with Crippen LogP contribution in [0.5, 0.6) is 5.75 Å². The van der Waals surface area contributed by atoms with Crippen LogP contribution in [0.4, 0.5) is 4.39 Å². The molecule has 1 aromatic rings. The number of piperidine rings is 1. The number of ether oxygens (including phenoxy) is 1. The van der Waals surface area contributed by atoms with Crippen LogP contribution in [0.25, 0.3) is 0 Å². The smallest absolute Gasteiger partial charge is 0.254 e. The molecule has 1 atom stereocenters. The molecule has 3 N–H and O–H groups in total. The van der Waals surface area contributed by atoms with E-state index in [2.05, 4.69) is 10.6 Å². The Labute approximate surface area is 142 Å². The van der Waals surface area contributed by atoms with Gasteiger partial charge in [-0.15, -0.1) is 0 Å². The highest BCUT2D eigenvalue weighted by atomic mass is 19.1. The minimum atomic E-state index is -0.617. The number of aliphatic hydroxyl groups excluding tert-OH is 1. The quantitative estimate of drug-likeness (QED) is 0.635. The van der Waals surface area contributed by atoms with Gasteiger partial charge in [0.05, 0.1) is 18.8 Å². The Balaban J connectivity index is 1.77. The maximum atomic E-state index is 14.0. The number of carbonyl (C=O) groups excluding carboxylic acids is 1. The molecule has 1 aromatic carbocycles. The van der Waals surface area contributed by atoms with Crippen LogP contribution in [0.2, 0.25) is 0 Å². The van der Waals surface area contributed by atoms with Crippen LogP contribution in [0.3, 0.4) is 0 Å². The number of carbonyl (C=O) groups is 1. The van der Waals surface area contributed by atoms with E-state index >= 15 is 0 Å². The van der Waals surface area contributed by atoms with Gasteiger partial charge < -0.3 is 20.5 Å². The number of hydrogen-bond donors (Lipinski definition) is 3. The Kier molecular flexibility index (Phi) is 7.46. The molecular weight excluding hydrogens is 311 g/mol. The van der Waals surface area contributed by atoms with E-state index in [9.17, 15) is 9.18 Å². The number of rotatable bonds is 8. The highest BCUT2D eigenvalue weighted by Gasteiger charge is 2.15. The maximum absolute atomic E-state index is 14.0. The Morgan fingerprint density at radius 3 is 2.88 bits per heavy atom. The largest absolute Gasteiger partial charge is 0.493 e. The third-order valence-electron chi connectivity index (χ3n) is 4.32. The normalized spacial score (nSPS) is 16.6. The van der Waals surface area contributed by atoms with E-state index in [-0.39, 0.29) is 12.2 Å². The lowest BCUT2D eigenvalue weighted by Crippen LogP contribution is -2.35. The van der Waals surface area contributed by atoms with E-state index in [1.807, 2.05) is 0 Å². The molecule has 0 spiro atoms. The monoisotopic (exact) mass is 338 g/mol. The molecule has 0 saturated carbocycles. The molecule has 0 bridgehead atoms. The highest BCUT2D eigenvalue weighted by Crippen LogP contribution is 2.20. The fourth-order valence-corrected chi connectivity index (χ4v) is 2.85. The van der Waals surface area contributed by atoms with Crippen molar-refractivity contribution in [2.24, 2.45) is 5.92 Å². The number of hydrogen-bond acceptors (Lipinski definition) is 4. The van der Waals surface area contributed by atoms with Crippen molar-refractivity contribution in [3.05, 3.63) is 29.6 Å². The van der Waals surface area contributed by atoms with Crippen LogP contribution in [0, 0.1) is 11.7 Å². The highest BCUT2D eigenvalue weighted by molar-refractivity contribution is 5.94. The summed E-state index contributed by atoms with van der Waals surface area (Å²) in [6.07, 6.45) is 4.50. The summed E-state index contributed by atoms with van der Waals surface area (Å²) in [7, 11) is 0. The van der Waals surface area contributed by atoms with E-state index in [1.165, 1.54) is 25.0 Å². The zero-order chi connectivity index (χ0) is 17.4. The second kappa shape index (κ2) is 9.59. The zero-order valence-corrected chi connectivity index (χ0v) is 14.2. The van der Waals surface area contributed by atoms with Crippen molar-refractivity contribution >= 4 is 5.91 Å². The molecule has 134 valence electrons. The summed E-state index contributed by atoms with van der Waals surface area (Å²) in [6.45, 7) is 4.20. The Morgan fingerprint density at radius 1 is 1.46 bits per heavy atom. The van der Waals surface area contributed by atoms with Gasteiger partial charge in [0, 0.05) is 12.1 Å². The summed E-state index contributed by atoms with van der Waals surface area (Å²) in [6, 6.07) is 3.84. The molecule has 0 radical (unpaired) electrons. The average molecular weight is 338 g/mol. The lowest BCUT2D eigenvalue weighted by Gasteiger charge is -2.22. The van der Waals surface area contributed by atoms with Gasteiger partial charge in [-0.05, 0) is 63.7 Å². The molecule has 0 aliphatic carbocycles. The fourth-order valence-electron chi connectivity index (χ4n) is 2.85. The summed E-state index contributed by atoms with van der Waals surface area (Å²) in [5.74, 6) is 0.0377. The Hall–Kier alpha value is -1.66. The third kappa shape index (κ3) is 5.76. The molecular formula is C18H27FN2O3. The van der Waals surface area contributed by atoms with Gasteiger partial charge in [0.15, 0.2) is 0 Å². The van der Waals surface area contributed by atoms with Gasteiger partial charge in [-0.2, -0.15) is 0 Å². The number of nitrogens with one attached hydrogen (secondary N) is 2. The van der Waals surface area contributed by atoms with Gasteiger partial charge in [0.25, 0.3) is 5.91 Å². The molecule has 0 unspecified atom stereocenters. The van der Waals surface area contributed by atoms with Crippen molar-refractivity contribution in [1.29, 1.82) is 0 Å². The van der Waals surface area contributed by atoms with E-state index < -0.39 is 17.8 Å².